The van der Waals surface area contributed by atoms with Crippen molar-refractivity contribution in [1.29, 1.82) is 0 Å². The zero-order valence-corrected chi connectivity index (χ0v) is 5.43. The number of nitrogens with zero attached hydrogens (tertiary/aromatic N) is 1. The Balaban J connectivity index is 3.59. The van der Waals surface area contributed by atoms with E-state index in [0.29, 0.717) is 6.41 Å². The molecule has 0 aliphatic carbocycles. The molecule has 1 amide bonds. The molecule has 0 aromatic heterocycles. The van der Waals surface area contributed by atoms with Crippen molar-refractivity contribution in [2.24, 2.45) is 0 Å². The molecule has 1 aromatic carbocycles. The molecule has 0 aliphatic rings. The van der Waals surface area contributed by atoms with E-state index in [4.69, 9.17) is 6.85 Å². The first kappa shape index (κ1) is 2.74. The SMILES string of the molecule is [2H]c1c([2H])c([2H])c(N(C)C=O)c([2H])c1[2H]. The quantitative estimate of drug-likeness (QED) is 0.567. The second-order valence-electron chi connectivity index (χ2n) is 1.69. The van der Waals surface area contributed by atoms with Gasteiger partial charge in [-0.1, -0.05) is 18.1 Å². The number of rotatable bonds is 2. The Bertz CT molecular complexity index is 391. The van der Waals surface area contributed by atoms with Crippen LogP contribution in [0.1, 0.15) is 6.85 Å². The lowest BCUT2D eigenvalue weighted by Crippen LogP contribution is -2.12. The van der Waals surface area contributed by atoms with Crippen LogP contribution in [0.25, 0.3) is 0 Å². The highest BCUT2D eigenvalue weighted by Crippen LogP contribution is 2.07. The molecule has 10 heavy (non-hydrogen) atoms. The minimum atomic E-state index is -0.465. The normalized spacial score (nSPS) is 15.9. The minimum absolute atomic E-state index is 0.115. The fourth-order valence-electron chi connectivity index (χ4n) is 0.472. The fourth-order valence-corrected chi connectivity index (χ4v) is 0.472. The van der Waals surface area contributed by atoms with E-state index in [0.717, 1.165) is 4.90 Å². The van der Waals surface area contributed by atoms with E-state index in [9.17, 15) is 4.79 Å². The lowest BCUT2D eigenvalue weighted by Gasteiger charge is -2.08. The molecule has 0 unspecified atom stereocenters. The average Bonchev–Trinajstić information content (AvgIpc) is 2.23. The van der Waals surface area contributed by atoms with Crippen molar-refractivity contribution < 1.29 is 11.6 Å². The van der Waals surface area contributed by atoms with Gasteiger partial charge in [-0.15, -0.1) is 0 Å². The van der Waals surface area contributed by atoms with Gasteiger partial charge in [0.15, 0.2) is 0 Å². The van der Waals surface area contributed by atoms with Gasteiger partial charge in [0.05, 0.1) is 6.85 Å². The molecule has 0 atom stereocenters. The summed E-state index contributed by atoms with van der Waals surface area (Å²) in [5.74, 6) is 0. The Hall–Kier alpha value is -1.31. The topological polar surface area (TPSA) is 20.3 Å². The molecule has 0 N–H and O–H groups in total. The monoisotopic (exact) mass is 140 g/mol. The number of hydrogen-bond donors (Lipinski definition) is 0. The van der Waals surface area contributed by atoms with Crippen LogP contribution in [-0.2, 0) is 4.79 Å². The van der Waals surface area contributed by atoms with Crippen molar-refractivity contribution in [1.82, 2.24) is 0 Å². The van der Waals surface area contributed by atoms with Crippen LogP contribution >= 0.6 is 0 Å². The number of benzene rings is 1. The van der Waals surface area contributed by atoms with Gasteiger partial charge in [-0.05, 0) is 12.1 Å². The van der Waals surface area contributed by atoms with Crippen LogP contribution in [0.5, 0.6) is 0 Å². The van der Waals surface area contributed by atoms with Crippen LogP contribution in [0.3, 0.4) is 0 Å². The first-order valence-corrected chi connectivity index (χ1v) is 2.66. The van der Waals surface area contributed by atoms with Gasteiger partial charge < -0.3 is 4.90 Å². The molecule has 0 heterocycles. The third-order valence-electron chi connectivity index (χ3n) is 0.998. The summed E-state index contributed by atoms with van der Waals surface area (Å²) in [4.78, 5) is 11.5. The predicted molar refractivity (Wildman–Crippen MR) is 40.9 cm³/mol. The number of anilines is 1. The summed E-state index contributed by atoms with van der Waals surface area (Å²) in [6, 6.07) is -2.11. The zero-order valence-electron chi connectivity index (χ0n) is 10.4. The number of para-hydroxylation sites is 1. The first-order chi connectivity index (χ1) is 6.91. The largest absolute Gasteiger partial charge is 0.318 e. The summed E-state index contributed by atoms with van der Waals surface area (Å²) in [7, 11) is 1.33. The van der Waals surface area contributed by atoms with Crippen LogP contribution in [0, 0.1) is 0 Å². The van der Waals surface area contributed by atoms with E-state index < -0.39 is 18.1 Å². The Morgan fingerprint density at radius 3 is 2.60 bits per heavy atom. The van der Waals surface area contributed by atoms with Gasteiger partial charge in [0.1, 0.15) is 0 Å². The van der Waals surface area contributed by atoms with E-state index in [1.165, 1.54) is 7.05 Å². The molecule has 2 nitrogen and oxygen atoms in total. The Kier molecular flexibility index (Phi) is 0.826. The molecule has 0 saturated heterocycles. The summed E-state index contributed by atoms with van der Waals surface area (Å²) < 4.78 is 37.0. The van der Waals surface area contributed by atoms with E-state index in [1.54, 1.807) is 0 Å². The maximum absolute atomic E-state index is 10.5. The van der Waals surface area contributed by atoms with E-state index >= 15 is 0 Å². The van der Waals surface area contributed by atoms with Crippen molar-refractivity contribution >= 4 is 12.1 Å². The predicted octanol–water partition coefficient (Wildman–Crippen LogP) is 1.28. The van der Waals surface area contributed by atoms with Gasteiger partial charge >= 0.3 is 0 Å². The molecule has 0 saturated carbocycles. The van der Waals surface area contributed by atoms with E-state index in [1.807, 2.05) is 0 Å². The number of amides is 1. The molecule has 0 bridgehead atoms. The van der Waals surface area contributed by atoms with Crippen LogP contribution < -0.4 is 4.90 Å². The van der Waals surface area contributed by atoms with Gasteiger partial charge in [0.25, 0.3) is 0 Å². The molecule has 1 rings (SSSR count). The third kappa shape index (κ3) is 1.35. The van der Waals surface area contributed by atoms with Gasteiger partial charge in [-0.3, -0.25) is 4.79 Å². The van der Waals surface area contributed by atoms with Crippen LogP contribution in [0.15, 0.2) is 30.2 Å². The average molecular weight is 140 g/mol. The second-order valence-corrected chi connectivity index (χ2v) is 1.69. The highest BCUT2D eigenvalue weighted by Gasteiger charge is 1.93. The summed E-state index contributed by atoms with van der Waals surface area (Å²) >= 11 is 0. The molecule has 0 radical (unpaired) electrons. The van der Waals surface area contributed by atoms with E-state index in [2.05, 4.69) is 0 Å². The fraction of sp³-hybridized carbons (Fsp3) is 0.125. The van der Waals surface area contributed by atoms with Gasteiger partial charge in [0, 0.05) is 12.7 Å². The molecular weight excluding hydrogens is 126 g/mol. The minimum Gasteiger partial charge on any atom is -0.318 e. The van der Waals surface area contributed by atoms with E-state index in [-0.39, 0.29) is 17.8 Å². The highest BCUT2D eigenvalue weighted by atomic mass is 16.1. The maximum atomic E-state index is 10.5. The molecule has 2 heteroatoms. The van der Waals surface area contributed by atoms with Crippen molar-refractivity contribution in [3.63, 3.8) is 0 Å². The van der Waals surface area contributed by atoms with Crippen molar-refractivity contribution in [3.8, 4) is 0 Å². The van der Waals surface area contributed by atoms with Gasteiger partial charge in [0.2, 0.25) is 6.41 Å². The Morgan fingerprint density at radius 1 is 1.50 bits per heavy atom. The smallest absolute Gasteiger partial charge is 0.213 e. The second kappa shape index (κ2) is 3.01. The first-order valence-electron chi connectivity index (χ1n) is 5.16. The molecule has 0 aliphatic heterocycles. The molecule has 52 valence electrons. The van der Waals surface area contributed by atoms with Crippen LogP contribution in [0.4, 0.5) is 5.69 Å². The Labute approximate surface area is 67.1 Å². The zero-order chi connectivity index (χ0) is 11.7. The lowest BCUT2D eigenvalue weighted by molar-refractivity contribution is -0.107. The van der Waals surface area contributed by atoms with Crippen LogP contribution in [0.2, 0.25) is 0 Å². The summed E-state index contributed by atoms with van der Waals surface area (Å²) in [6.07, 6.45) is 0.397. The molecule has 1 aromatic rings. The lowest BCUT2D eigenvalue weighted by atomic mass is 10.3. The van der Waals surface area contributed by atoms with Gasteiger partial charge in [-0.2, -0.15) is 0 Å². The van der Waals surface area contributed by atoms with Crippen LogP contribution in [-0.4, -0.2) is 13.5 Å². The number of hydrogen-bond acceptors (Lipinski definition) is 1. The molecule has 0 fully saturated rings. The van der Waals surface area contributed by atoms with Gasteiger partial charge in [-0.25, -0.2) is 0 Å². The molecular formula is C8H9NO. The third-order valence-corrected chi connectivity index (χ3v) is 0.998. The number of carbonyl (C=O) groups is 1. The summed E-state index contributed by atoms with van der Waals surface area (Å²) in [5, 5.41) is 0. The number of carbonyl (C=O) groups excluding carboxylic acids is 1. The standard InChI is InChI=1S/C8H9NO/c1-9(7-10)8-5-3-2-4-6-8/h2-7H,1H3/i2D,3D,4D,5D,6D. The Morgan fingerprint density at radius 2 is 2.10 bits per heavy atom. The summed E-state index contributed by atoms with van der Waals surface area (Å²) in [6.45, 7) is 0. The van der Waals surface area contributed by atoms with Crippen molar-refractivity contribution in [2.45, 2.75) is 0 Å². The maximum Gasteiger partial charge on any atom is 0.213 e. The molecule has 0 spiro atoms. The highest BCUT2D eigenvalue weighted by molar-refractivity contribution is 5.73. The van der Waals surface area contributed by atoms with Crippen molar-refractivity contribution in [3.05, 3.63) is 30.2 Å². The summed E-state index contributed by atoms with van der Waals surface area (Å²) in [5.41, 5.74) is -0.115. The van der Waals surface area contributed by atoms with Crippen molar-refractivity contribution in [2.75, 3.05) is 11.9 Å².